The van der Waals surface area contributed by atoms with Crippen LogP contribution in [0, 0.1) is 0 Å². The summed E-state index contributed by atoms with van der Waals surface area (Å²) < 4.78 is 43.7. The van der Waals surface area contributed by atoms with Gasteiger partial charge < -0.3 is 15.4 Å². The van der Waals surface area contributed by atoms with Gasteiger partial charge in [0.1, 0.15) is 23.8 Å². The lowest BCUT2D eigenvalue weighted by Gasteiger charge is -2.21. The molecule has 0 radical (unpaired) electrons. The van der Waals surface area contributed by atoms with Crippen LogP contribution in [-0.2, 0) is 11.3 Å². The summed E-state index contributed by atoms with van der Waals surface area (Å²) in [6, 6.07) is 1.48. The van der Waals surface area contributed by atoms with Crippen molar-refractivity contribution >= 4 is 11.6 Å². The van der Waals surface area contributed by atoms with Gasteiger partial charge in [0.05, 0.1) is 0 Å². The highest BCUT2D eigenvalue weighted by Crippen LogP contribution is 2.51. The summed E-state index contributed by atoms with van der Waals surface area (Å²) in [5.74, 6) is 0.985. The summed E-state index contributed by atoms with van der Waals surface area (Å²) in [6.07, 6.45) is -4.15. The number of methoxy groups -OCH3 is 1. The van der Waals surface area contributed by atoms with Crippen LogP contribution in [0.3, 0.4) is 0 Å². The molecule has 0 atom stereocenters. The molecule has 1 aliphatic rings. The van der Waals surface area contributed by atoms with Crippen molar-refractivity contribution in [2.45, 2.75) is 38.1 Å². The maximum Gasteiger partial charge on any atom is 0.411 e. The largest absolute Gasteiger partial charge is 0.411 e. The molecule has 20 heavy (non-hydrogen) atoms. The molecular weight excluding hydrogens is 273 g/mol. The summed E-state index contributed by atoms with van der Waals surface area (Å²) in [6.45, 7) is 2.64. The zero-order chi connectivity index (χ0) is 14.8. The van der Waals surface area contributed by atoms with Crippen LogP contribution in [0.5, 0.6) is 0 Å². The van der Waals surface area contributed by atoms with Gasteiger partial charge in [-0.25, -0.2) is 9.97 Å². The Balaban J connectivity index is 2.22. The highest BCUT2D eigenvalue weighted by molar-refractivity contribution is 5.50. The number of aromatic nitrogens is 2. The number of hydrogen-bond donors (Lipinski definition) is 2. The molecule has 112 valence electrons. The van der Waals surface area contributed by atoms with Crippen LogP contribution in [0.4, 0.5) is 24.8 Å². The molecule has 5 nitrogen and oxygen atoms in total. The molecule has 8 heteroatoms. The number of hydrogen-bond acceptors (Lipinski definition) is 5. The fourth-order valence-electron chi connectivity index (χ4n) is 1.88. The highest BCUT2D eigenvalue weighted by Gasteiger charge is 2.63. The summed E-state index contributed by atoms with van der Waals surface area (Å²) in [4.78, 5) is 8.21. The topological polar surface area (TPSA) is 59.1 Å². The van der Waals surface area contributed by atoms with Gasteiger partial charge >= 0.3 is 6.18 Å². The maximum atomic E-state index is 12.9. The lowest BCUT2D eigenvalue weighted by Crippen LogP contribution is -2.39. The van der Waals surface area contributed by atoms with Gasteiger partial charge in [0.15, 0.2) is 5.82 Å². The Bertz CT molecular complexity index is 450. The van der Waals surface area contributed by atoms with Crippen LogP contribution in [0.1, 0.15) is 25.6 Å². The van der Waals surface area contributed by atoms with Gasteiger partial charge in [-0.15, -0.1) is 0 Å². The second kappa shape index (κ2) is 5.43. The first-order valence-corrected chi connectivity index (χ1v) is 6.36. The number of anilines is 2. The molecule has 1 heterocycles. The van der Waals surface area contributed by atoms with E-state index in [2.05, 4.69) is 20.6 Å². The fraction of sp³-hybridized carbons (Fsp3) is 0.667. The summed E-state index contributed by atoms with van der Waals surface area (Å²) in [5, 5.41) is 5.46. The first-order valence-electron chi connectivity index (χ1n) is 6.36. The van der Waals surface area contributed by atoms with Crippen LogP contribution in [0.15, 0.2) is 6.07 Å². The number of ether oxygens (including phenoxy) is 1. The van der Waals surface area contributed by atoms with Crippen molar-refractivity contribution in [2.24, 2.45) is 0 Å². The van der Waals surface area contributed by atoms with E-state index in [0.717, 1.165) is 0 Å². The van der Waals surface area contributed by atoms with Crippen LogP contribution in [0.25, 0.3) is 0 Å². The van der Waals surface area contributed by atoms with E-state index < -0.39 is 11.7 Å². The molecule has 2 rings (SSSR count). The molecule has 1 aromatic rings. The summed E-state index contributed by atoms with van der Waals surface area (Å²) in [7, 11) is 1.48. The van der Waals surface area contributed by atoms with Crippen molar-refractivity contribution in [2.75, 3.05) is 24.3 Å². The maximum absolute atomic E-state index is 12.9. The smallest absolute Gasteiger partial charge is 0.377 e. The number of nitrogens with one attached hydrogen (secondary N) is 2. The minimum Gasteiger partial charge on any atom is -0.377 e. The lowest BCUT2D eigenvalue weighted by molar-refractivity contribution is -0.151. The Morgan fingerprint density at radius 2 is 1.95 bits per heavy atom. The van der Waals surface area contributed by atoms with Gasteiger partial charge in [0, 0.05) is 19.7 Å². The lowest BCUT2D eigenvalue weighted by atomic mass is 10.2. The Kier molecular flexibility index (Phi) is 4.03. The first-order chi connectivity index (χ1) is 9.40. The molecule has 1 aromatic heterocycles. The zero-order valence-corrected chi connectivity index (χ0v) is 11.3. The van der Waals surface area contributed by atoms with Crippen LogP contribution >= 0.6 is 0 Å². The zero-order valence-electron chi connectivity index (χ0n) is 11.3. The number of rotatable bonds is 6. The molecular formula is C12H17F3N4O. The number of nitrogens with zero attached hydrogens (tertiary/aromatic N) is 2. The molecule has 0 unspecified atom stereocenters. The molecule has 1 aliphatic carbocycles. The van der Waals surface area contributed by atoms with Crippen molar-refractivity contribution in [3.63, 3.8) is 0 Å². The minimum atomic E-state index is -4.28. The van der Waals surface area contributed by atoms with Crippen LogP contribution in [0.2, 0.25) is 0 Å². The molecule has 0 spiro atoms. The van der Waals surface area contributed by atoms with Crippen molar-refractivity contribution in [1.82, 2.24) is 9.97 Å². The van der Waals surface area contributed by atoms with E-state index in [9.17, 15) is 13.2 Å². The average molecular weight is 290 g/mol. The number of halogens is 3. The van der Waals surface area contributed by atoms with Gasteiger partial charge in [0.25, 0.3) is 0 Å². The SMILES string of the molecule is CCNc1cc(NC2(C(F)(F)F)CC2)nc(COC)n1. The van der Waals surface area contributed by atoms with E-state index >= 15 is 0 Å². The van der Waals surface area contributed by atoms with Gasteiger partial charge in [-0.1, -0.05) is 0 Å². The second-order valence-electron chi connectivity index (χ2n) is 4.72. The Hall–Kier alpha value is -1.57. The average Bonchev–Trinajstić information content (AvgIpc) is 3.10. The van der Waals surface area contributed by atoms with Crippen molar-refractivity contribution in [3.8, 4) is 0 Å². The van der Waals surface area contributed by atoms with Crippen LogP contribution < -0.4 is 10.6 Å². The third-order valence-corrected chi connectivity index (χ3v) is 3.06. The molecule has 0 saturated heterocycles. The predicted octanol–water partition coefficient (Wildman–Crippen LogP) is 2.56. The van der Waals surface area contributed by atoms with Crippen LogP contribution in [-0.4, -0.2) is 35.3 Å². The summed E-state index contributed by atoms with van der Waals surface area (Å²) >= 11 is 0. The van der Waals surface area contributed by atoms with Crippen molar-refractivity contribution < 1.29 is 17.9 Å². The van der Waals surface area contributed by atoms with E-state index in [1.54, 1.807) is 0 Å². The molecule has 2 N–H and O–H groups in total. The Morgan fingerprint density at radius 3 is 2.45 bits per heavy atom. The molecule has 0 bridgehead atoms. The minimum absolute atomic E-state index is 0.0661. The quantitative estimate of drug-likeness (QED) is 0.843. The monoisotopic (exact) mass is 290 g/mol. The van der Waals surface area contributed by atoms with Gasteiger partial charge in [0.2, 0.25) is 0 Å². The predicted molar refractivity (Wildman–Crippen MR) is 68.6 cm³/mol. The molecule has 1 fully saturated rings. The third-order valence-electron chi connectivity index (χ3n) is 3.06. The molecule has 0 aromatic carbocycles. The van der Waals surface area contributed by atoms with E-state index in [1.165, 1.54) is 13.2 Å². The Labute approximate surface area is 114 Å². The normalized spacial score (nSPS) is 16.9. The van der Waals surface area contributed by atoms with E-state index in [-0.39, 0.29) is 25.3 Å². The standard InChI is InChI=1S/C12H17F3N4O/c1-3-16-8-6-9(18-10(17-8)7-20-2)19-11(4-5-11)12(13,14)15/h6H,3-5,7H2,1-2H3,(H2,16,17,18,19). The highest BCUT2D eigenvalue weighted by atomic mass is 19.4. The second-order valence-corrected chi connectivity index (χ2v) is 4.72. The van der Waals surface area contributed by atoms with E-state index in [0.29, 0.717) is 18.2 Å². The molecule has 0 amide bonds. The third kappa shape index (κ3) is 3.12. The first kappa shape index (κ1) is 14.8. The Morgan fingerprint density at radius 1 is 1.30 bits per heavy atom. The van der Waals surface area contributed by atoms with Gasteiger partial charge in [-0.3, -0.25) is 0 Å². The van der Waals surface area contributed by atoms with Crippen molar-refractivity contribution in [1.29, 1.82) is 0 Å². The molecule has 1 saturated carbocycles. The van der Waals surface area contributed by atoms with Gasteiger partial charge in [-0.2, -0.15) is 13.2 Å². The van der Waals surface area contributed by atoms with E-state index in [4.69, 9.17) is 4.74 Å². The van der Waals surface area contributed by atoms with Crippen molar-refractivity contribution in [3.05, 3.63) is 11.9 Å². The molecule has 0 aliphatic heterocycles. The summed E-state index contributed by atoms with van der Waals surface area (Å²) in [5.41, 5.74) is -1.84. The fourth-order valence-corrected chi connectivity index (χ4v) is 1.88. The number of alkyl halides is 3. The van der Waals surface area contributed by atoms with E-state index in [1.807, 2.05) is 6.92 Å². The van der Waals surface area contributed by atoms with Gasteiger partial charge in [-0.05, 0) is 19.8 Å².